The van der Waals surface area contributed by atoms with Crippen molar-refractivity contribution in [2.75, 3.05) is 11.9 Å². The van der Waals surface area contributed by atoms with E-state index in [1.165, 1.54) is 12.1 Å². The van der Waals surface area contributed by atoms with Gasteiger partial charge in [0.15, 0.2) is 6.61 Å². The smallest absolute Gasteiger partial charge is 0.338 e. The zero-order chi connectivity index (χ0) is 18.6. The van der Waals surface area contributed by atoms with Crippen LogP contribution in [0.3, 0.4) is 0 Å². The molecule has 25 heavy (non-hydrogen) atoms. The quantitative estimate of drug-likeness (QED) is 0.809. The fraction of sp³-hybridized carbons (Fsp3) is 0.263. The van der Waals surface area contributed by atoms with Gasteiger partial charge in [-0.1, -0.05) is 44.5 Å². The van der Waals surface area contributed by atoms with Crippen molar-refractivity contribution in [1.29, 1.82) is 0 Å². The Bertz CT molecular complexity index is 782. The average molecular weight is 364 g/mol. The number of esters is 1. The maximum atomic E-state index is 13.2. The van der Waals surface area contributed by atoms with E-state index in [9.17, 15) is 14.0 Å². The lowest BCUT2D eigenvalue weighted by atomic mass is 9.87. The van der Waals surface area contributed by atoms with Gasteiger partial charge in [0, 0.05) is 0 Å². The van der Waals surface area contributed by atoms with E-state index in [2.05, 4.69) is 26.1 Å². The summed E-state index contributed by atoms with van der Waals surface area (Å²) in [5.74, 6) is -1.75. The zero-order valence-electron chi connectivity index (χ0n) is 14.2. The molecule has 132 valence electrons. The third-order valence-corrected chi connectivity index (χ3v) is 3.85. The lowest BCUT2D eigenvalue weighted by Crippen LogP contribution is -2.21. The van der Waals surface area contributed by atoms with Crippen LogP contribution >= 0.6 is 11.6 Å². The molecule has 0 heterocycles. The highest BCUT2D eigenvalue weighted by Gasteiger charge is 2.16. The van der Waals surface area contributed by atoms with E-state index in [1.807, 2.05) is 12.1 Å². The third-order valence-electron chi connectivity index (χ3n) is 3.52. The largest absolute Gasteiger partial charge is 0.452 e. The van der Waals surface area contributed by atoms with E-state index >= 15 is 0 Å². The minimum atomic E-state index is -0.610. The molecule has 0 aromatic heterocycles. The second kappa shape index (κ2) is 7.66. The number of ether oxygens (including phenoxy) is 1. The van der Waals surface area contributed by atoms with Gasteiger partial charge in [-0.2, -0.15) is 0 Å². The Morgan fingerprint density at radius 1 is 1.12 bits per heavy atom. The summed E-state index contributed by atoms with van der Waals surface area (Å²) in [6.45, 7) is 5.72. The molecule has 0 bridgehead atoms. The van der Waals surface area contributed by atoms with E-state index in [4.69, 9.17) is 16.3 Å². The van der Waals surface area contributed by atoms with E-state index in [0.29, 0.717) is 5.56 Å². The van der Waals surface area contributed by atoms with Gasteiger partial charge in [0.1, 0.15) is 5.82 Å². The summed E-state index contributed by atoms with van der Waals surface area (Å²) >= 11 is 5.86. The highest BCUT2D eigenvalue weighted by atomic mass is 35.5. The Balaban J connectivity index is 1.93. The van der Waals surface area contributed by atoms with Gasteiger partial charge >= 0.3 is 5.97 Å². The second-order valence-electron chi connectivity index (χ2n) is 6.58. The molecule has 0 spiro atoms. The molecule has 0 saturated carbocycles. The Hall–Kier alpha value is -2.40. The van der Waals surface area contributed by atoms with Crippen LogP contribution in [0.15, 0.2) is 42.5 Å². The number of rotatable bonds is 4. The molecule has 4 nitrogen and oxygen atoms in total. The molecule has 0 atom stereocenters. The summed E-state index contributed by atoms with van der Waals surface area (Å²) in [7, 11) is 0. The molecule has 2 rings (SSSR count). The predicted octanol–water partition coefficient (Wildman–Crippen LogP) is 4.57. The van der Waals surface area contributed by atoms with Crippen molar-refractivity contribution in [2.45, 2.75) is 26.2 Å². The number of hydrogen-bond donors (Lipinski definition) is 1. The lowest BCUT2D eigenvalue weighted by molar-refractivity contribution is -0.119. The Morgan fingerprint density at radius 3 is 2.36 bits per heavy atom. The monoisotopic (exact) mass is 363 g/mol. The minimum absolute atomic E-state index is 0.0213. The van der Waals surface area contributed by atoms with Crippen molar-refractivity contribution >= 4 is 29.2 Å². The molecule has 1 amide bonds. The molecule has 0 fully saturated rings. The van der Waals surface area contributed by atoms with Crippen LogP contribution in [0.5, 0.6) is 0 Å². The number of halogens is 2. The molecule has 2 aromatic carbocycles. The molecule has 2 aromatic rings. The van der Waals surface area contributed by atoms with Crippen molar-refractivity contribution in [3.8, 4) is 0 Å². The highest BCUT2D eigenvalue weighted by Crippen LogP contribution is 2.23. The van der Waals surface area contributed by atoms with Gasteiger partial charge in [-0.15, -0.1) is 0 Å². The molecule has 0 unspecified atom stereocenters. The van der Waals surface area contributed by atoms with Crippen LogP contribution in [0, 0.1) is 5.82 Å². The normalized spacial score (nSPS) is 11.1. The Kier molecular flexibility index (Phi) is 5.80. The fourth-order valence-corrected chi connectivity index (χ4v) is 2.27. The summed E-state index contributed by atoms with van der Waals surface area (Å²) < 4.78 is 18.1. The molecular weight excluding hydrogens is 345 g/mol. The first-order chi connectivity index (χ1) is 11.7. The Morgan fingerprint density at radius 2 is 1.76 bits per heavy atom. The van der Waals surface area contributed by atoms with Crippen LogP contribution in [0.2, 0.25) is 5.02 Å². The number of amides is 1. The van der Waals surface area contributed by atoms with Gasteiger partial charge in [0.2, 0.25) is 0 Å². The van der Waals surface area contributed by atoms with Crippen molar-refractivity contribution in [2.24, 2.45) is 0 Å². The number of benzene rings is 2. The highest BCUT2D eigenvalue weighted by molar-refractivity contribution is 6.33. The first-order valence-electron chi connectivity index (χ1n) is 7.69. The van der Waals surface area contributed by atoms with E-state index in [1.54, 1.807) is 12.1 Å². The topological polar surface area (TPSA) is 55.4 Å². The predicted molar refractivity (Wildman–Crippen MR) is 95.5 cm³/mol. The van der Waals surface area contributed by atoms with Gasteiger partial charge in [-0.25, -0.2) is 9.18 Å². The molecule has 0 saturated heterocycles. The Labute approximate surface area is 150 Å². The molecule has 6 heteroatoms. The maximum absolute atomic E-state index is 13.2. The molecule has 0 aliphatic heterocycles. The maximum Gasteiger partial charge on any atom is 0.338 e. The SMILES string of the molecule is CC(C)(C)c1ccc(C(=O)OCC(=O)Nc2cc(F)ccc2Cl)cc1. The van der Waals surface area contributed by atoms with E-state index in [-0.39, 0.29) is 16.1 Å². The third kappa shape index (κ3) is 5.29. The number of anilines is 1. The fourth-order valence-electron chi connectivity index (χ4n) is 2.10. The molecular formula is C19H19ClFNO3. The molecule has 0 aliphatic carbocycles. The van der Waals surface area contributed by atoms with Gasteiger partial charge in [0.25, 0.3) is 5.91 Å². The van der Waals surface area contributed by atoms with E-state index in [0.717, 1.165) is 11.6 Å². The first-order valence-corrected chi connectivity index (χ1v) is 8.07. The summed E-state index contributed by atoms with van der Waals surface area (Å²) in [5, 5.41) is 2.59. The zero-order valence-corrected chi connectivity index (χ0v) is 15.0. The summed E-state index contributed by atoms with van der Waals surface area (Å²) in [6.07, 6.45) is 0. The van der Waals surface area contributed by atoms with Crippen LogP contribution in [0.25, 0.3) is 0 Å². The van der Waals surface area contributed by atoms with Crippen LogP contribution in [0.4, 0.5) is 10.1 Å². The minimum Gasteiger partial charge on any atom is -0.452 e. The van der Waals surface area contributed by atoms with Crippen LogP contribution < -0.4 is 5.32 Å². The first kappa shape index (κ1) is 18.9. The molecule has 1 N–H and O–H groups in total. The van der Waals surface area contributed by atoms with Crippen molar-refractivity contribution in [3.63, 3.8) is 0 Å². The van der Waals surface area contributed by atoms with E-state index < -0.39 is 24.3 Å². The number of carbonyl (C=O) groups is 2. The van der Waals surface area contributed by atoms with Gasteiger partial charge in [-0.05, 0) is 41.3 Å². The standard InChI is InChI=1S/C19H19ClFNO3/c1-19(2,3)13-6-4-12(5-7-13)18(24)25-11-17(23)22-16-10-14(21)8-9-15(16)20/h4-10H,11H2,1-3H3,(H,22,23). The van der Waals surface area contributed by atoms with Crippen LogP contribution in [-0.4, -0.2) is 18.5 Å². The molecule has 0 aliphatic rings. The number of nitrogens with one attached hydrogen (secondary N) is 1. The van der Waals surface area contributed by atoms with Gasteiger partial charge in [0.05, 0.1) is 16.3 Å². The van der Waals surface area contributed by atoms with Gasteiger partial charge < -0.3 is 10.1 Å². The molecule has 0 radical (unpaired) electrons. The average Bonchev–Trinajstić information content (AvgIpc) is 2.55. The van der Waals surface area contributed by atoms with Crippen molar-refractivity contribution < 1.29 is 18.7 Å². The summed E-state index contributed by atoms with van der Waals surface area (Å²) in [6, 6.07) is 10.6. The van der Waals surface area contributed by atoms with Crippen LogP contribution in [-0.2, 0) is 14.9 Å². The van der Waals surface area contributed by atoms with Crippen LogP contribution in [0.1, 0.15) is 36.7 Å². The lowest BCUT2D eigenvalue weighted by Gasteiger charge is -2.18. The number of hydrogen-bond acceptors (Lipinski definition) is 3. The van der Waals surface area contributed by atoms with Gasteiger partial charge in [-0.3, -0.25) is 4.79 Å². The second-order valence-corrected chi connectivity index (χ2v) is 6.98. The van der Waals surface area contributed by atoms with Crippen molar-refractivity contribution in [3.05, 3.63) is 64.4 Å². The summed E-state index contributed by atoms with van der Waals surface area (Å²) in [4.78, 5) is 23.8. The summed E-state index contributed by atoms with van der Waals surface area (Å²) in [5.41, 5.74) is 1.54. The number of carbonyl (C=O) groups excluding carboxylic acids is 2. The van der Waals surface area contributed by atoms with Crippen molar-refractivity contribution in [1.82, 2.24) is 0 Å².